The maximum atomic E-state index is 14.1. The standard InChI is InChI=1S/C19H12F4N6O4S/c1-9-13(16(30)27-10-4-3-5-12(6-10)34(2,31)32)17(29-28-14(9)19(21,22)23)33-18-15(20)26-11(7-24)8-25-18/h3-6,8H,1-2H3,(H,27,30). The van der Waals surface area contributed by atoms with Gasteiger partial charge in [0.2, 0.25) is 0 Å². The van der Waals surface area contributed by atoms with Crippen molar-refractivity contribution in [2.24, 2.45) is 0 Å². The molecule has 1 amide bonds. The Morgan fingerprint density at radius 1 is 1.21 bits per heavy atom. The minimum Gasteiger partial charge on any atom is -0.414 e. The topological polar surface area (TPSA) is 148 Å². The monoisotopic (exact) mass is 496 g/mol. The van der Waals surface area contributed by atoms with E-state index >= 15 is 0 Å². The van der Waals surface area contributed by atoms with E-state index in [4.69, 9.17) is 10.00 Å². The Morgan fingerprint density at radius 2 is 1.91 bits per heavy atom. The molecule has 3 aromatic rings. The first-order chi connectivity index (χ1) is 15.8. The second-order valence-corrected chi connectivity index (χ2v) is 8.69. The summed E-state index contributed by atoms with van der Waals surface area (Å²) < 4.78 is 82.7. The fraction of sp³-hybridized carbons (Fsp3) is 0.158. The van der Waals surface area contributed by atoms with Gasteiger partial charge in [-0.25, -0.2) is 18.4 Å². The Hall–Kier alpha value is -4.19. The number of carbonyl (C=O) groups is 1. The number of rotatable bonds is 5. The van der Waals surface area contributed by atoms with E-state index in [0.717, 1.165) is 25.4 Å². The van der Waals surface area contributed by atoms with Gasteiger partial charge in [0.15, 0.2) is 21.2 Å². The lowest BCUT2D eigenvalue weighted by Gasteiger charge is -2.15. The van der Waals surface area contributed by atoms with Crippen molar-refractivity contribution in [3.8, 4) is 17.8 Å². The third kappa shape index (κ3) is 5.23. The van der Waals surface area contributed by atoms with Gasteiger partial charge >= 0.3 is 6.18 Å². The second kappa shape index (κ2) is 8.98. The lowest BCUT2D eigenvalue weighted by molar-refractivity contribution is -0.142. The normalized spacial score (nSPS) is 11.6. The van der Waals surface area contributed by atoms with Crippen molar-refractivity contribution in [1.29, 1.82) is 5.26 Å². The summed E-state index contributed by atoms with van der Waals surface area (Å²) in [5.41, 5.74) is -3.42. The molecule has 3 rings (SSSR count). The third-order valence-corrected chi connectivity index (χ3v) is 5.32. The lowest BCUT2D eigenvalue weighted by Crippen LogP contribution is -2.21. The summed E-state index contributed by atoms with van der Waals surface area (Å²) in [5.74, 6) is -4.27. The molecule has 0 aliphatic rings. The fourth-order valence-corrected chi connectivity index (χ4v) is 3.34. The van der Waals surface area contributed by atoms with E-state index < -0.39 is 62.1 Å². The van der Waals surface area contributed by atoms with Crippen LogP contribution in [0, 0.1) is 24.2 Å². The number of hydrogen-bond donors (Lipinski definition) is 1. The van der Waals surface area contributed by atoms with E-state index in [1.807, 2.05) is 0 Å². The Bertz CT molecular complexity index is 1440. The Morgan fingerprint density at radius 3 is 2.50 bits per heavy atom. The molecular weight excluding hydrogens is 484 g/mol. The highest BCUT2D eigenvalue weighted by Crippen LogP contribution is 2.35. The molecule has 2 aromatic heterocycles. The van der Waals surface area contributed by atoms with Crippen molar-refractivity contribution in [2.45, 2.75) is 18.0 Å². The summed E-state index contributed by atoms with van der Waals surface area (Å²) in [7, 11) is -3.65. The number of nitrogens with one attached hydrogen (secondary N) is 1. The van der Waals surface area contributed by atoms with Gasteiger partial charge in [-0.1, -0.05) is 6.07 Å². The van der Waals surface area contributed by atoms with Crippen molar-refractivity contribution in [1.82, 2.24) is 20.2 Å². The Kier molecular flexibility index (Phi) is 6.46. The molecule has 15 heteroatoms. The van der Waals surface area contributed by atoms with Crippen molar-refractivity contribution in [2.75, 3.05) is 11.6 Å². The summed E-state index contributed by atoms with van der Waals surface area (Å²) in [6.07, 6.45) is -3.22. The van der Waals surface area contributed by atoms with Crippen LogP contribution in [0.2, 0.25) is 0 Å². The molecule has 2 heterocycles. The van der Waals surface area contributed by atoms with Crippen molar-refractivity contribution in [3.05, 3.63) is 58.9 Å². The smallest absolute Gasteiger partial charge is 0.414 e. The van der Waals surface area contributed by atoms with Crippen LogP contribution >= 0.6 is 0 Å². The molecule has 10 nitrogen and oxygen atoms in total. The van der Waals surface area contributed by atoms with Gasteiger partial charge in [-0.05, 0) is 30.7 Å². The first-order valence-corrected chi connectivity index (χ1v) is 10.9. The predicted molar refractivity (Wildman–Crippen MR) is 106 cm³/mol. The van der Waals surface area contributed by atoms with Gasteiger partial charge in [0, 0.05) is 11.9 Å². The zero-order chi connectivity index (χ0) is 25.3. The zero-order valence-electron chi connectivity index (χ0n) is 17.2. The first kappa shape index (κ1) is 24.5. The largest absolute Gasteiger partial charge is 0.435 e. The highest BCUT2D eigenvalue weighted by Gasteiger charge is 2.38. The van der Waals surface area contributed by atoms with E-state index in [0.29, 0.717) is 0 Å². The number of benzene rings is 1. The number of anilines is 1. The maximum Gasteiger partial charge on any atom is 0.435 e. The zero-order valence-corrected chi connectivity index (χ0v) is 18.0. The van der Waals surface area contributed by atoms with Crippen LogP contribution in [0.15, 0.2) is 35.4 Å². The van der Waals surface area contributed by atoms with E-state index in [2.05, 4.69) is 25.5 Å². The highest BCUT2D eigenvalue weighted by molar-refractivity contribution is 7.90. The number of nitrogens with zero attached hydrogens (tertiary/aromatic N) is 5. The van der Waals surface area contributed by atoms with Crippen LogP contribution in [-0.4, -0.2) is 40.7 Å². The summed E-state index contributed by atoms with van der Waals surface area (Å²) in [6, 6.07) is 6.49. The number of nitriles is 1. The van der Waals surface area contributed by atoms with Crippen LogP contribution in [0.5, 0.6) is 11.8 Å². The van der Waals surface area contributed by atoms with Gasteiger partial charge in [0.05, 0.1) is 11.1 Å². The predicted octanol–water partition coefficient (Wildman–Crippen LogP) is 3.05. The summed E-state index contributed by atoms with van der Waals surface area (Å²) >= 11 is 0. The van der Waals surface area contributed by atoms with Gasteiger partial charge < -0.3 is 10.1 Å². The number of aromatic nitrogens is 4. The molecule has 0 bridgehead atoms. The summed E-state index contributed by atoms with van der Waals surface area (Å²) in [5, 5.41) is 17.3. The van der Waals surface area contributed by atoms with E-state index in [1.165, 1.54) is 24.3 Å². The van der Waals surface area contributed by atoms with Crippen molar-refractivity contribution >= 4 is 21.4 Å². The molecule has 0 radical (unpaired) electrons. The molecule has 176 valence electrons. The lowest BCUT2D eigenvalue weighted by atomic mass is 10.1. The molecule has 0 aliphatic heterocycles. The number of sulfone groups is 1. The van der Waals surface area contributed by atoms with Crippen LogP contribution in [0.4, 0.5) is 23.2 Å². The number of hydrogen-bond acceptors (Lipinski definition) is 9. The molecule has 0 spiro atoms. The molecule has 1 aromatic carbocycles. The minimum absolute atomic E-state index is 0.0620. The van der Waals surface area contributed by atoms with Crippen LogP contribution < -0.4 is 10.1 Å². The molecule has 1 N–H and O–H groups in total. The quantitative estimate of drug-likeness (QED) is 0.526. The summed E-state index contributed by atoms with van der Waals surface area (Å²) in [4.78, 5) is 19.5. The van der Waals surface area contributed by atoms with Gasteiger partial charge in [-0.15, -0.1) is 10.2 Å². The molecule has 0 saturated heterocycles. The van der Waals surface area contributed by atoms with Crippen LogP contribution in [0.3, 0.4) is 0 Å². The van der Waals surface area contributed by atoms with Crippen molar-refractivity contribution in [3.63, 3.8) is 0 Å². The van der Waals surface area contributed by atoms with Crippen LogP contribution in [0.1, 0.15) is 27.3 Å². The minimum atomic E-state index is -4.99. The molecule has 0 aliphatic carbocycles. The second-order valence-electron chi connectivity index (χ2n) is 6.67. The fourth-order valence-electron chi connectivity index (χ4n) is 2.67. The Balaban J connectivity index is 2.08. The Labute approximate surface area is 189 Å². The molecule has 0 saturated carbocycles. The highest BCUT2D eigenvalue weighted by atomic mass is 32.2. The maximum absolute atomic E-state index is 14.1. The first-order valence-electron chi connectivity index (χ1n) is 8.97. The molecule has 0 atom stereocenters. The number of alkyl halides is 3. The van der Waals surface area contributed by atoms with Gasteiger partial charge in [-0.2, -0.15) is 22.8 Å². The van der Waals surface area contributed by atoms with Crippen LogP contribution in [0.25, 0.3) is 0 Å². The number of carbonyl (C=O) groups excluding carboxylic acids is 1. The third-order valence-electron chi connectivity index (χ3n) is 4.21. The average Bonchev–Trinajstić information content (AvgIpc) is 2.73. The molecule has 0 unspecified atom stereocenters. The molecular formula is C19H12F4N6O4S. The number of ether oxygens (including phenoxy) is 1. The van der Waals surface area contributed by atoms with E-state index in [9.17, 15) is 30.8 Å². The number of halogens is 4. The van der Waals surface area contributed by atoms with E-state index in [-0.39, 0.29) is 10.6 Å². The molecule has 0 fully saturated rings. The van der Waals surface area contributed by atoms with Gasteiger partial charge in [0.25, 0.3) is 23.6 Å². The molecule has 34 heavy (non-hydrogen) atoms. The van der Waals surface area contributed by atoms with E-state index in [1.54, 1.807) is 0 Å². The van der Waals surface area contributed by atoms with Gasteiger partial charge in [-0.3, -0.25) is 4.79 Å². The summed E-state index contributed by atoms with van der Waals surface area (Å²) in [6.45, 7) is 0.924. The average molecular weight is 496 g/mol. The van der Waals surface area contributed by atoms with Crippen LogP contribution in [-0.2, 0) is 16.0 Å². The number of amides is 1. The SMILES string of the molecule is Cc1c(C(F)(F)F)nnc(Oc2ncc(C#N)nc2F)c1C(=O)Nc1cccc(S(C)(=O)=O)c1. The van der Waals surface area contributed by atoms with Gasteiger partial charge in [0.1, 0.15) is 11.6 Å². The van der Waals surface area contributed by atoms with Crippen molar-refractivity contribution < 1.29 is 35.5 Å².